The molecule has 0 radical (unpaired) electrons. The molecule has 1 unspecified atom stereocenters. The summed E-state index contributed by atoms with van der Waals surface area (Å²) in [5, 5.41) is 8.97. The summed E-state index contributed by atoms with van der Waals surface area (Å²) in [4.78, 5) is 29.6. The number of ketones is 2. The molecular weight excluding hydrogens is 302 g/mol. The number of aliphatic hydroxyl groups excluding tert-OH is 1. The highest BCUT2D eigenvalue weighted by molar-refractivity contribution is 6.36. The second kappa shape index (κ2) is 7.51. The lowest BCUT2D eigenvalue weighted by atomic mass is 9.97. The molecule has 1 aliphatic carbocycles. The lowest BCUT2D eigenvalue weighted by molar-refractivity contribution is -0.123. The van der Waals surface area contributed by atoms with Crippen LogP contribution in [-0.4, -0.2) is 22.4 Å². The molecule has 122 valence electrons. The molecule has 0 heterocycles. The van der Waals surface area contributed by atoms with Crippen LogP contribution in [0.2, 0.25) is 0 Å². The van der Waals surface area contributed by atoms with Gasteiger partial charge in [0.15, 0.2) is 11.6 Å². The van der Waals surface area contributed by atoms with Crippen molar-refractivity contribution in [3.05, 3.63) is 72.0 Å². The highest BCUT2D eigenvalue weighted by Gasteiger charge is 2.40. The number of aliphatic hydroxyl groups is 1. The molecule has 1 aromatic carbocycles. The van der Waals surface area contributed by atoms with Crippen molar-refractivity contribution in [3.63, 3.8) is 0 Å². The molecule has 0 saturated heterocycles. The molecule has 2 rings (SSSR count). The summed E-state index contributed by atoms with van der Waals surface area (Å²) in [6.07, 6.45) is 7.21. The summed E-state index contributed by atoms with van der Waals surface area (Å²) in [5.74, 6) is -1.46. The van der Waals surface area contributed by atoms with Crippen molar-refractivity contribution in [2.45, 2.75) is 13.8 Å². The molecule has 1 atom stereocenters. The lowest BCUT2D eigenvalue weighted by Gasteiger charge is -2.09. The van der Waals surface area contributed by atoms with E-state index in [-0.39, 0.29) is 11.6 Å². The monoisotopic (exact) mass is 321 g/mol. The van der Waals surface area contributed by atoms with E-state index in [4.69, 9.17) is 5.11 Å². The van der Waals surface area contributed by atoms with Crippen LogP contribution in [0.1, 0.15) is 19.4 Å². The third kappa shape index (κ3) is 3.18. The Morgan fingerprint density at radius 1 is 1.17 bits per heavy atom. The van der Waals surface area contributed by atoms with Crippen LogP contribution in [0.25, 0.3) is 6.08 Å². The number of hydrogen-bond donors (Lipinski definition) is 1. The van der Waals surface area contributed by atoms with Gasteiger partial charge in [-0.1, -0.05) is 43.0 Å². The maximum absolute atomic E-state index is 12.6. The fourth-order valence-corrected chi connectivity index (χ4v) is 2.69. The summed E-state index contributed by atoms with van der Waals surface area (Å²) in [5.41, 5.74) is 2.41. The second-order valence-corrected chi connectivity index (χ2v) is 5.32. The normalized spacial score (nSPS) is 19.1. The van der Waals surface area contributed by atoms with Gasteiger partial charge in [0.25, 0.3) is 0 Å². The van der Waals surface area contributed by atoms with Gasteiger partial charge in [0.1, 0.15) is 5.92 Å². The van der Waals surface area contributed by atoms with Crippen LogP contribution in [0.5, 0.6) is 0 Å². The average Bonchev–Trinajstić information content (AvgIpc) is 2.80. The first-order valence-electron chi connectivity index (χ1n) is 7.58. The predicted octanol–water partition coefficient (Wildman–Crippen LogP) is 4.13. The molecule has 0 saturated carbocycles. The Hall–Kier alpha value is -3.01. The third-order valence-corrected chi connectivity index (χ3v) is 3.79. The molecular formula is C20H19NO3. The van der Waals surface area contributed by atoms with Gasteiger partial charge in [0.05, 0.1) is 11.9 Å². The second-order valence-electron chi connectivity index (χ2n) is 5.32. The van der Waals surface area contributed by atoms with Gasteiger partial charge in [-0.25, -0.2) is 0 Å². The number of allylic oxidation sites excluding steroid dienone is 5. The summed E-state index contributed by atoms with van der Waals surface area (Å²) in [6.45, 7) is 7.09. The van der Waals surface area contributed by atoms with Crippen molar-refractivity contribution in [2.75, 3.05) is 0 Å². The van der Waals surface area contributed by atoms with Gasteiger partial charge in [0.2, 0.25) is 0 Å². The van der Waals surface area contributed by atoms with Crippen molar-refractivity contribution in [1.82, 2.24) is 0 Å². The van der Waals surface area contributed by atoms with E-state index in [1.54, 1.807) is 44.2 Å². The fraction of sp³-hybridized carbons (Fsp3) is 0.150. The largest absolute Gasteiger partial charge is 0.516 e. The number of carbonyl (C=O) groups is 2. The quantitative estimate of drug-likeness (QED) is 0.503. The van der Waals surface area contributed by atoms with Crippen molar-refractivity contribution in [1.29, 1.82) is 0 Å². The maximum atomic E-state index is 12.6. The van der Waals surface area contributed by atoms with Crippen LogP contribution in [0.4, 0.5) is 5.69 Å². The number of carbonyl (C=O) groups excluding carboxylic acids is 2. The zero-order chi connectivity index (χ0) is 17.7. The molecule has 0 aromatic heterocycles. The van der Waals surface area contributed by atoms with Crippen LogP contribution >= 0.6 is 0 Å². The molecule has 0 aliphatic heterocycles. The van der Waals surface area contributed by atoms with Crippen LogP contribution in [0.15, 0.2) is 71.5 Å². The summed E-state index contributed by atoms with van der Waals surface area (Å²) < 4.78 is 0. The molecule has 0 amide bonds. The van der Waals surface area contributed by atoms with Gasteiger partial charge >= 0.3 is 0 Å². The minimum atomic E-state index is -0.921. The molecule has 1 N–H and O–H groups in total. The Morgan fingerprint density at radius 3 is 2.46 bits per heavy atom. The number of para-hydroxylation sites is 1. The van der Waals surface area contributed by atoms with Crippen molar-refractivity contribution >= 4 is 29.0 Å². The first-order chi connectivity index (χ1) is 11.5. The van der Waals surface area contributed by atoms with Gasteiger partial charge in [-0.15, -0.1) is 0 Å². The van der Waals surface area contributed by atoms with E-state index in [0.717, 1.165) is 6.26 Å². The van der Waals surface area contributed by atoms with Gasteiger partial charge in [0, 0.05) is 22.4 Å². The molecule has 0 fully saturated rings. The van der Waals surface area contributed by atoms with Gasteiger partial charge < -0.3 is 5.11 Å². The third-order valence-electron chi connectivity index (χ3n) is 3.79. The predicted molar refractivity (Wildman–Crippen MR) is 96.4 cm³/mol. The maximum Gasteiger partial charge on any atom is 0.180 e. The molecule has 1 aliphatic rings. The smallest absolute Gasteiger partial charge is 0.180 e. The average molecular weight is 321 g/mol. The van der Waals surface area contributed by atoms with E-state index < -0.39 is 5.92 Å². The minimum absolute atomic E-state index is 0.260. The number of benzene rings is 1. The highest BCUT2D eigenvalue weighted by atomic mass is 16.2. The SMILES string of the molecule is C=CC1=C(/C=C\C)C(=O)C(/C(C)=N/c2ccccc2/C=C/O)C1=O. The van der Waals surface area contributed by atoms with E-state index in [1.807, 2.05) is 6.07 Å². The molecule has 24 heavy (non-hydrogen) atoms. The molecule has 0 bridgehead atoms. The molecule has 1 aromatic rings. The van der Waals surface area contributed by atoms with Gasteiger partial charge in [-0.05, 0) is 26.0 Å². The van der Waals surface area contributed by atoms with Crippen molar-refractivity contribution in [2.24, 2.45) is 10.9 Å². The van der Waals surface area contributed by atoms with Crippen molar-refractivity contribution in [3.8, 4) is 0 Å². The Bertz CT molecular complexity index is 810. The van der Waals surface area contributed by atoms with E-state index >= 15 is 0 Å². The number of hydrogen-bond acceptors (Lipinski definition) is 4. The van der Waals surface area contributed by atoms with Gasteiger partial charge in [-0.2, -0.15) is 0 Å². The number of nitrogens with zero attached hydrogens (tertiary/aromatic N) is 1. The number of rotatable bonds is 5. The van der Waals surface area contributed by atoms with E-state index in [2.05, 4.69) is 11.6 Å². The lowest BCUT2D eigenvalue weighted by Crippen LogP contribution is -2.25. The van der Waals surface area contributed by atoms with Crippen molar-refractivity contribution < 1.29 is 14.7 Å². The van der Waals surface area contributed by atoms with Gasteiger partial charge in [-0.3, -0.25) is 14.6 Å². The zero-order valence-corrected chi connectivity index (χ0v) is 13.7. The molecule has 4 nitrogen and oxygen atoms in total. The van der Waals surface area contributed by atoms with Crippen LogP contribution < -0.4 is 0 Å². The Labute approximate surface area is 141 Å². The van der Waals surface area contributed by atoms with Crippen LogP contribution in [-0.2, 0) is 9.59 Å². The minimum Gasteiger partial charge on any atom is -0.516 e. The Kier molecular flexibility index (Phi) is 5.42. The molecule has 0 spiro atoms. The highest BCUT2D eigenvalue weighted by Crippen LogP contribution is 2.30. The van der Waals surface area contributed by atoms with E-state index in [1.165, 1.54) is 12.2 Å². The molecule has 4 heteroatoms. The fourth-order valence-electron chi connectivity index (χ4n) is 2.69. The summed E-state index contributed by atoms with van der Waals surface area (Å²) in [7, 11) is 0. The van der Waals surface area contributed by atoms with E-state index in [0.29, 0.717) is 28.1 Å². The number of Topliss-reactive ketones (excluding diaryl/α,β-unsaturated/α-hetero) is 2. The van der Waals surface area contributed by atoms with Crippen LogP contribution in [0.3, 0.4) is 0 Å². The topological polar surface area (TPSA) is 66.7 Å². The zero-order valence-electron chi connectivity index (χ0n) is 13.7. The first-order valence-corrected chi connectivity index (χ1v) is 7.58. The summed E-state index contributed by atoms with van der Waals surface area (Å²) >= 11 is 0. The Morgan fingerprint density at radius 2 is 1.83 bits per heavy atom. The first kappa shape index (κ1) is 17.3. The summed E-state index contributed by atoms with van der Waals surface area (Å²) in [6, 6.07) is 7.17. The van der Waals surface area contributed by atoms with E-state index in [9.17, 15) is 9.59 Å². The number of aliphatic imine (C=N–C) groups is 1. The standard InChI is InChI=1S/C20H19NO3/c1-4-8-16-15(5-2)19(23)18(20(16)24)13(3)21-17-10-7-6-9-14(17)11-12-22/h4-12,18,22H,2H2,1,3H3/b8-4-,12-11+,21-13+. The Balaban J connectivity index is 2.45. The van der Waals surface area contributed by atoms with Crippen LogP contribution in [0, 0.1) is 5.92 Å².